The molecule has 0 spiro atoms. The summed E-state index contributed by atoms with van der Waals surface area (Å²) in [4.78, 5) is 12.9. The highest BCUT2D eigenvalue weighted by Gasteiger charge is 2.32. The third-order valence-electron chi connectivity index (χ3n) is 5.76. The molecule has 0 aromatic heterocycles. The summed E-state index contributed by atoms with van der Waals surface area (Å²) in [6.45, 7) is 5.54. The Morgan fingerprint density at radius 1 is 1.09 bits per heavy atom. The quantitative estimate of drug-likeness (QED) is 0.643. The van der Waals surface area contributed by atoms with Crippen molar-refractivity contribution in [2.75, 3.05) is 26.2 Å². The largest absolute Gasteiger partial charge is 0.488 e. The number of piperidine rings is 1. The number of hydrogen-bond donors (Lipinski definition) is 1. The molecule has 1 N–H and O–H groups in total. The fourth-order valence-corrected chi connectivity index (χ4v) is 5.95. The summed E-state index contributed by atoms with van der Waals surface area (Å²) in [6, 6.07) is 12.2. The zero-order chi connectivity index (χ0) is 22.8. The summed E-state index contributed by atoms with van der Waals surface area (Å²) in [5.41, 5.74) is 0.997. The zero-order valence-electron chi connectivity index (χ0n) is 18.6. The van der Waals surface area contributed by atoms with Crippen molar-refractivity contribution in [3.63, 3.8) is 0 Å². The summed E-state index contributed by atoms with van der Waals surface area (Å²) in [6.07, 6.45) is 3.53. The Morgan fingerprint density at radius 2 is 1.84 bits per heavy atom. The molecule has 0 radical (unpaired) electrons. The molecule has 1 fully saturated rings. The van der Waals surface area contributed by atoms with E-state index in [1.807, 2.05) is 32.0 Å². The van der Waals surface area contributed by atoms with Crippen LogP contribution in [0.2, 0.25) is 0 Å². The number of sulfonamides is 1. The number of nitrogens with zero attached hydrogens (tertiary/aromatic N) is 1. The Labute approximate surface area is 189 Å². The third kappa shape index (κ3) is 4.76. The molecule has 2 aliphatic rings. The molecule has 8 heteroatoms. The van der Waals surface area contributed by atoms with Crippen molar-refractivity contribution in [1.29, 1.82) is 0 Å². The van der Waals surface area contributed by atoms with Crippen LogP contribution in [-0.2, 0) is 16.4 Å². The van der Waals surface area contributed by atoms with E-state index < -0.39 is 15.9 Å². The van der Waals surface area contributed by atoms with E-state index in [-0.39, 0.29) is 29.2 Å². The van der Waals surface area contributed by atoms with Gasteiger partial charge in [-0.25, -0.2) is 8.42 Å². The minimum Gasteiger partial charge on any atom is -0.488 e. The fourth-order valence-electron chi connectivity index (χ4n) is 4.25. The monoisotopic (exact) mass is 458 g/mol. The summed E-state index contributed by atoms with van der Waals surface area (Å²) in [7, 11) is -3.70. The van der Waals surface area contributed by atoms with Crippen LogP contribution in [0.5, 0.6) is 11.5 Å². The lowest BCUT2D eigenvalue weighted by molar-refractivity contribution is 0.0942. The molecule has 172 valence electrons. The van der Waals surface area contributed by atoms with Crippen LogP contribution in [0.4, 0.5) is 0 Å². The number of carbonyl (C=O) groups excluding carboxylic acids is 1. The molecule has 2 aliphatic heterocycles. The molecule has 2 aromatic carbocycles. The highest BCUT2D eigenvalue weighted by molar-refractivity contribution is 7.89. The van der Waals surface area contributed by atoms with Gasteiger partial charge in [0.1, 0.15) is 12.2 Å². The van der Waals surface area contributed by atoms with E-state index in [9.17, 15) is 13.2 Å². The van der Waals surface area contributed by atoms with E-state index in [4.69, 9.17) is 9.47 Å². The normalized spacial score (nSPS) is 17.9. The maximum absolute atomic E-state index is 13.1. The van der Waals surface area contributed by atoms with Gasteiger partial charge in [0, 0.05) is 25.1 Å². The molecule has 2 heterocycles. The molecule has 0 aliphatic carbocycles. The van der Waals surface area contributed by atoms with Crippen LogP contribution in [0.25, 0.3) is 0 Å². The van der Waals surface area contributed by atoms with Crippen LogP contribution in [0.15, 0.2) is 47.4 Å². The van der Waals surface area contributed by atoms with Crippen LogP contribution in [0, 0.1) is 0 Å². The number of para-hydroxylation sites is 1. The Morgan fingerprint density at radius 3 is 2.62 bits per heavy atom. The average Bonchev–Trinajstić information content (AvgIpc) is 3.11. The van der Waals surface area contributed by atoms with Crippen LogP contribution < -0.4 is 14.8 Å². The maximum Gasteiger partial charge on any atom is 0.252 e. The lowest BCUT2D eigenvalue weighted by Crippen LogP contribution is -2.37. The van der Waals surface area contributed by atoms with Crippen molar-refractivity contribution in [2.24, 2.45) is 0 Å². The van der Waals surface area contributed by atoms with E-state index in [2.05, 4.69) is 5.32 Å². The van der Waals surface area contributed by atoms with Crippen LogP contribution in [-0.4, -0.2) is 50.5 Å². The lowest BCUT2D eigenvalue weighted by Gasteiger charge is -2.26. The molecule has 0 saturated carbocycles. The van der Waals surface area contributed by atoms with Crippen molar-refractivity contribution in [2.45, 2.75) is 50.0 Å². The molecule has 0 bridgehead atoms. The van der Waals surface area contributed by atoms with Crippen LogP contribution in [0.1, 0.15) is 49.0 Å². The van der Waals surface area contributed by atoms with Gasteiger partial charge in [-0.2, -0.15) is 4.31 Å². The zero-order valence-corrected chi connectivity index (χ0v) is 19.4. The van der Waals surface area contributed by atoms with Gasteiger partial charge in [-0.3, -0.25) is 4.79 Å². The molecule has 0 atom stereocenters. The second-order valence-corrected chi connectivity index (χ2v) is 10.8. The summed E-state index contributed by atoms with van der Waals surface area (Å²) < 4.78 is 39.5. The molecule has 1 amide bonds. The highest BCUT2D eigenvalue weighted by atomic mass is 32.2. The number of fused-ring (bicyclic) bond motifs is 1. The first-order chi connectivity index (χ1) is 15.3. The van der Waals surface area contributed by atoms with E-state index >= 15 is 0 Å². The number of benzene rings is 2. The first kappa shape index (κ1) is 22.6. The topological polar surface area (TPSA) is 84.9 Å². The van der Waals surface area contributed by atoms with Gasteiger partial charge in [-0.1, -0.05) is 30.7 Å². The van der Waals surface area contributed by atoms with Gasteiger partial charge < -0.3 is 14.8 Å². The lowest BCUT2D eigenvalue weighted by atomic mass is 10.0. The number of nitrogens with one attached hydrogen (secondary N) is 1. The summed E-state index contributed by atoms with van der Waals surface area (Å²) in [5, 5.41) is 2.78. The average molecular weight is 459 g/mol. The van der Waals surface area contributed by atoms with Crippen molar-refractivity contribution in [3.8, 4) is 11.5 Å². The Balaban J connectivity index is 1.39. The summed E-state index contributed by atoms with van der Waals surface area (Å²) in [5.74, 6) is 0.970. The van der Waals surface area contributed by atoms with Gasteiger partial charge in [0.05, 0.1) is 17.0 Å². The minimum atomic E-state index is -3.70. The molecule has 7 nitrogen and oxygen atoms in total. The van der Waals surface area contributed by atoms with E-state index in [0.717, 1.165) is 37.0 Å². The van der Waals surface area contributed by atoms with Gasteiger partial charge in [0.15, 0.2) is 11.5 Å². The SMILES string of the molecule is CC1(C)Cc2cccc(OCCNC(=O)c3ccccc3S(=O)(=O)N3CCCCC3)c2O1. The fraction of sp³-hybridized carbons (Fsp3) is 0.458. The number of rotatable bonds is 7. The van der Waals surface area contributed by atoms with E-state index in [1.165, 1.54) is 10.4 Å². The summed E-state index contributed by atoms with van der Waals surface area (Å²) >= 11 is 0. The smallest absolute Gasteiger partial charge is 0.252 e. The van der Waals surface area contributed by atoms with Crippen molar-refractivity contribution in [3.05, 3.63) is 53.6 Å². The first-order valence-electron chi connectivity index (χ1n) is 11.1. The van der Waals surface area contributed by atoms with Gasteiger partial charge in [-0.05, 0) is 44.9 Å². The highest BCUT2D eigenvalue weighted by Crippen LogP contribution is 2.41. The molecule has 0 unspecified atom stereocenters. The standard InChI is InChI=1S/C24H30N2O5S/c1-24(2)17-18-9-8-11-20(22(18)31-24)30-16-13-25-23(27)19-10-4-5-12-21(19)32(28,29)26-14-6-3-7-15-26/h4-5,8-12H,3,6-7,13-17H2,1-2H3,(H,25,27). The third-order valence-corrected chi connectivity index (χ3v) is 7.72. The van der Waals surface area contributed by atoms with Gasteiger partial charge in [0.25, 0.3) is 5.91 Å². The van der Waals surface area contributed by atoms with Crippen LogP contribution in [0.3, 0.4) is 0 Å². The molecule has 2 aromatic rings. The molecular weight excluding hydrogens is 428 g/mol. The predicted molar refractivity (Wildman–Crippen MR) is 122 cm³/mol. The number of amides is 1. The minimum absolute atomic E-state index is 0.0526. The van der Waals surface area contributed by atoms with E-state index in [0.29, 0.717) is 18.8 Å². The second kappa shape index (κ2) is 9.11. The predicted octanol–water partition coefficient (Wildman–Crippen LogP) is 3.38. The number of carbonyl (C=O) groups is 1. The van der Waals surface area contributed by atoms with Crippen molar-refractivity contribution < 1.29 is 22.7 Å². The Hall–Kier alpha value is -2.58. The van der Waals surface area contributed by atoms with Crippen molar-refractivity contribution in [1.82, 2.24) is 9.62 Å². The molecule has 4 rings (SSSR count). The Kier molecular flexibility index (Phi) is 6.44. The number of hydrogen-bond acceptors (Lipinski definition) is 5. The maximum atomic E-state index is 13.1. The van der Waals surface area contributed by atoms with Gasteiger partial charge in [0.2, 0.25) is 10.0 Å². The van der Waals surface area contributed by atoms with Crippen LogP contribution >= 0.6 is 0 Å². The van der Waals surface area contributed by atoms with Gasteiger partial charge >= 0.3 is 0 Å². The molecular formula is C24H30N2O5S. The van der Waals surface area contributed by atoms with Gasteiger partial charge in [-0.15, -0.1) is 0 Å². The van der Waals surface area contributed by atoms with Crippen molar-refractivity contribution >= 4 is 15.9 Å². The number of ether oxygens (including phenoxy) is 2. The first-order valence-corrected chi connectivity index (χ1v) is 12.5. The van der Waals surface area contributed by atoms with E-state index in [1.54, 1.807) is 18.2 Å². The molecule has 1 saturated heterocycles. The Bertz CT molecular complexity index is 1090. The molecule has 32 heavy (non-hydrogen) atoms. The second-order valence-electron chi connectivity index (χ2n) is 8.85.